The molecule has 0 aliphatic carbocycles. The molecule has 0 saturated carbocycles. The van der Waals surface area contributed by atoms with E-state index in [4.69, 9.17) is 10.5 Å². The van der Waals surface area contributed by atoms with E-state index in [1.807, 2.05) is 19.1 Å². The fraction of sp³-hybridized carbons (Fsp3) is 0.412. The zero-order valence-electron chi connectivity index (χ0n) is 13.6. The van der Waals surface area contributed by atoms with Crippen LogP contribution in [0.1, 0.15) is 18.4 Å². The van der Waals surface area contributed by atoms with Gasteiger partial charge in [-0.2, -0.15) is 5.26 Å². The minimum absolute atomic E-state index is 0.243. The van der Waals surface area contributed by atoms with Crippen molar-refractivity contribution in [3.05, 3.63) is 30.1 Å². The highest BCUT2D eigenvalue weighted by molar-refractivity contribution is 5.66. The number of hydrogen-bond donors (Lipinski definition) is 2. The Morgan fingerprint density at radius 2 is 2.17 bits per heavy atom. The van der Waals surface area contributed by atoms with Gasteiger partial charge in [0.1, 0.15) is 5.82 Å². The fourth-order valence-electron chi connectivity index (χ4n) is 2.77. The van der Waals surface area contributed by atoms with Crippen molar-refractivity contribution in [1.82, 2.24) is 15.0 Å². The molecule has 3 heterocycles. The molecule has 3 N–H and O–H groups in total. The quantitative estimate of drug-likeness (QED) is 0.886. The normalized spacial score (nSPS) is 16.3. The molecule has 1 aliphatic rings. The van der Waals surface area contributed by atoms with Crippen molar-refractivity contribution >= 4 is 11.8 Å². The standard InChI is InChI=1S/C17H20N6O/c1-12-9-21-16(19)23-15(12)13-2-5-20-14(8-13)22-11-17(10-18)3-6-24-7-4-17/h2,5,8-9H,3-4,6-7,11H2,1H3,(H,20,22)(H2,19,21,23). The predicted molar refractivity (Wildman–Crippen MR) is 91.0 cm³/mol. The predicted octanol–water partition coefficient (Wildman–Crippen LogP) is 2.16. The van der Waals surface area contributed by atoms with Gasteiger partial charge in [-0.15, -0.1) is 0 Å². The van der Waals surface area contributed by atoms with Crippen LogP contribution < -0.4 is 11.1 Å². The molecular formula is C17H20N6O. The highest BCUT2D eigenvalue weighted by Gasteiger charge is 2.32. The van der Waals surface area contributed by atoms with Gasteiger partial charge in [-0.1, -0.05) is 0 Å². The molecule has 1 aliphatic heterocycles. The van der Waals surface area contributed by atoms with Crippen molar-refractivity contribution in [2.75, 3.05) is 30.8 Å². The average molecular weight is 324 g/mol. The summed E-state index contributed by atoms with van der Waals surface area (Å²) in [4.78, 5) is 12.6. The summed E-state index contributed by atoms with van der Waals surface area (Å²) in [5, 5.41) is 12.8. The summed E-state index contributed by atoms with van der Waals surface area (Å²) in [6.07, 6.45) is 4.89. The largest absolute Gasteiger partial charge is 0.381 e. The molecule has 0 radical (unpaired) electrons. The number of nitriles is 1. The Hall–Kier alpha value is -2.72. The van der Waals surface area contributed by atoms with Gasteiger partial charge in [0.05, 0.1) is 17.2 Å². The van der Waals surface area contributed by atoms with Crippen LogP contribution in [0, 0.1) is 23.7 Å². The SMILES string of the molecule is Cc1cnc(N)nc1-c1ccnc(NCC2(C#N)CCOCC2)c1. The van der Waals surface area contributed by atoms with E-state index in [2.05, 4.69) is 26.3 Å². The monoisotopic (exact) mass is 324 g/mol. The zero-order valence-corrected chi connectivity index (χ0v) is 13.6. The Bertz CT molecular complexity index is 764. The van der Waals surface area contributed by atoms with Gasteiger partial charge in [-0.3, -0.25) is 0 Å². The van der Waals surface area contributed by atoms with Crippen LogP contribution in [0.4, 0.5) is 11.8 Å². The van der Waals surface area contributed by atoms with Crippen LogP contribution in [0.3, 0.4) is 0 Å². The number of rotatable bonds is 4. The number of hydrogen-bond acceptors (Lipinski definition) is 7. The third kappa shape index (κ3) is 3.44. The fourth-order valence-corrected chi connectivity index (χ4v) is 2.77. The Balaban J connectivity index is 1.78. The van der Waals surface area contributed by atoms with Crippen LogP contribution >= 0.6 is 0 Å². The summed E-state index contributed by atoms with van der Waals surface area (Å²) in [6.45, 7) is 3.74. The maximum atomic E-state index is 9.52. The lowest BCUT2D eigenvalue weighted by atomic mass is 9.82. The van der Waals surface area contributed by atoms with E-state index in [0.717, 1.165) is 29.7 Å². The summed E-state index contributed by atoms with van der Waals surface area (Å²) in [6, 6.07) is 6.24. The van der Waals surface area contributed by atoms with E-state index in [1.165, 1.54) is 0 Å². The van der Waals surface area contributed by atoms with E-state index >= 15 is 0 Å². The van der Waals surface area contributed by atoms with Crippen molar-refractivity contribution in [3.8, 4) is 17.3 Å². The van der Waals surface area contributed by atoms with Gasteiger partial charge in [0, 0.05) is 37.7 Å². The van der Waals surface area contributed by atoms with Crippen molar-refractivity contribution in [1.29, 1.82) is 5.26 Å². The maximum Gasteiger partial charge on any atom is 0.220 e. The van der Waals surface area contributed by atoms with Gasteiger partial charge in [0.2, 0.25) is 5.95 Å². The van der Waals surface area contributed by atoms with Gasteiger partial charge in [0.25, 0.3) is 0 Å². The lowest BCUT2D eigenvalue weighted by Crippen LogP contribution is -2.34. The van der Waals surface area contributed by atoms with Gasteiger partial charge < -0.3 is 15.8 Å². The minimum Gasteiger partial charge on any atom is -0.381 e. The van der Waals surface area contributed by atoms with Crippen molar-refractivity contribution < 1.29 is 4.74 Å². The summed E-state index contributed by atoms with van der Waals surface area (Å²) in [5.74, 6) is 0.956. The Morgan fingerprint density at radius 3 is 2.92 bits per heavy atom. The summed E-state index contributed by atoms with van der Waals surface area (Å²) in [7, 11) is 0. The Labute approximate surface area is 140 Å². The number of anilines is 2. The molecule has 0 atom stereocenters. The first kappa shape index (κ1) is 16.1. The van der Waals surface area contributed by atoms with E-state index in [9.17, 15) is 5.26 Å². The summed E-state index contributed by atoms with van der Waals surface area (Å²) >= 11 is 0. The smallest absolute Gasteiger partial charge is 0.220 e. The molecule has 0 amide bonds. The van der Waals surface area contributed by atoms with Crippen LogP contribution in [-0.2, 0) is 4.74 Å². The van der Waals surface area contributed by atoms with E-state index in [-0.39, 0.29) is 5.95 Å². The van der Waals surface area contributed by atoms with Crippen LogP contribution in [0.5, 0.6) is 0 Å². The number of nitrogens with two attached hydrogens (primary N) is 1. The van der Waals surface area contributed by atoms with Crippen LogP contribution in [0.2, 0.25) is 0 Å². The number of nitrogens with one attached hydrogen (secondary N) is 1. The molecule has 1 fully saturated rings. The number of aryl methyl sites for hydroxylation is 1. The first-order chi connectivity index (χ1) is 11.6. The van der Waals surface area contributed by atoms with Gasteiger partial charge in [0.15, 0.2) is 0 Å². The Morgan fingerprint density at radius 1 is 1.38 bits per heavy atom. The molecule has 1 saturated heterocycles. The number of pyridine rings is 1. The minimum atomic E-state index is -0.398. The second-order valence-electron chi connectivity index (χ2n) is 6.05. The maximum absolute atomic E-state index is 9.52. The lowest BCUT2D eigenvalue weighted by molar-refractivity contribution is 0.0455. The third-order valence-electron chi connectivity index (χ3n) is 4.32. The number of nitrogens with zero attached hydrogens (tertiary/aromatic N) is 4. The first-order valence-electron chi connectivity index (χ1n) is 7.90. The summed E-state index contributed by atoms with van der Waals surface area (Å²) in [5.41, 5.74) is 7.94. The van der Waals surface area contributed by atoms with Gasteiger partial charge >= 0.3 is 0 Å². The topological polar surface area (TPSA) is 110 Å². The molecule has 7 nitrogen and oxygen atoms in total. The second kappa shape index (κ2) is 6.81. The Kier molecular flexibility index (Phi) is 4.58. The van der Waals surface area contributed by atoms with Gasteiger partial charge in [-0.25, -0.2) is 15.0 Å². The second-order valence-corrected chi connectivity index (χ2v) is 6.05. The number of nitrogen functional groups attached to an aromatic ring is 1. The highest BCUT2D eigenvalue weighted by Crippen LogP contribution is 2.30. The molecule has 7 heteroatoms. The number of ether oxygens (including phenoxy) is 1. The molecule has 124 valence electrons. The molecule has 0 bridgehead atoms. The van der Waals surface area contributed by atoms with Crippen molar-refractivity contribution in [2.24, 2.45) is 5.41 Å². The van der Waals surface area contributed by atoms with Crippen LogP contribution in [0.25, 0.3) is 11.3 Å². The molecule has 2 aromatic heterocycles. The van der Waals surface area contributed by atoms with Crippen LogP contribution in [-0.4, -0.2) is 34.7 Å². The average Bonchev–Trinajstić information content (AvgIpc) is 2.63. The summed E-state index contributed by atoms with van der Waals surface area (Å²) < 4.78 is 5.36. The van der Waals surface area contributed by atoms with Crippen LogP contribution in [0.15, 0.2) is 24.5 Å². The first-order valence-corrected chi connectivity index (χ1v) is 7.90. The molecule has 0 spiro atoms. The van der Waals surface area contributed by atoms with E-state index in [1.54, 1.807) is 12.4 Å². The molecule has 2 aromatic rings. The molecule has 3 rings (SSSR count). The molecule has 0 unspecified atom stereocenters. The van der Waals surface area contributed by atoms with E-state index in [0.29, 0.717) is 25.6 Å². The van der Waals surface area contributed by atoms with E-state index < -0.39 is 5.41 Å². The van der Waals surface area contributed by atoms with Crippen molar-refractivity contribution in [3.63, 3.8) is 0 Å². The highest BCUT2D eigenvalue weighted by atomic mass is 16.5. The number of aromatic nitrogens is 3. The third-order valence-corrected chi connectivity index (χ3v) is 4.32. The molecular weight excluding hydrogens is 304 g/mol. The van der Waals surface area contributed by atoms with Crippen molar-refractivity contribution in [2.45, 2.75) is 19.8 Å². The molecule has 24 heavy (non-hydrogen) atoms. The zero-order chi connectivity index (χ0) is 17.0. The van der Waals surface area contributed by atoms with Gasteiger partial charge in [-0.05, 0) is 37.5 Å². The molecule has 0 aromatic carbocycles. The lowest BCUT2D eigenvalue weighted by Gasteiger charge is -2.30.